The van der Waals surface area contributed by atoms with Crippen LogP contribution in [0.5, 0.6) is 0 Å². The van der Waals surface area contributed by atoms with E-state index in [-0.39, 0.29) is 5.91 Å². The fraction of sp³-hybridized carbons (Fsp3) is 0.368. The number of aryl methyl sites for hydroxylation is 1. The molecule has 1 aliphatic heterocycles. The SMILES string of the molecule is Cc1ccsc1C=NNC(=O)CCN1CCN(c2ccccc2)CC1. The second kappa shape index (κ2) is 8.78. The summed E-state index contributed by atoms with van der Waals surface area (Å²) in [7, 11) is 0. The van der Waals surface area contributed by atoms with E-state index in [0.717, 1.165) is 37.6 Å². The van der Waals surface area contributed by atoms with E-state index in [9.17, 15) is 4.79 Å². The largest absolute Gasteiger partial charge is 0.369 e. The first-order valence-corrected chi connectivity index (χ1v) is 9.49. The average molecular weight is 356 g/mol. The average Bonchev–Trinajstić information content (AvgIpc) is 3.06. The summed E-state index contributed by atoms with van der Waals surface area (Å²) < 4.78 is 0. The number of hydrazone groups is 1. The number of piperazine rings is 1. The summed E-state index contributed by atoms with van der Waals surface area (Å²) in [6.45, 7) is 6.79. The molecule has 1 saturated heterocycles. The van der Waals surface area contributed by atoms with E-state index in [1.165, 1.54) is 11.3 Å². The summed E-state index contributed by atoms with van der Waals surface area (Å²) in [6.07, 6.45) is 2.20. The zero-order valence-corrected chi connectivity index (χ0v) is 15.3. The minimum atomic E-state index is -0.0315. The molecular formula is C19H24N4OS. The number of hydrogen-bond acceptors (Lipinski definition) is 5. The number of rotatable bonds is 6. The Bertz CT molecular complexity index is 705. The fourth-order valence-electron chi connectivity index (χ4n) is 2.86. The molecule has 0 spiro atoms. The number of para-hydroxylation sites is 1. The lowest BCUT2D eigenvalue weighted by molar-refractivity contribution is -0.121. The van der Waals surface area contributed by atoms with Gasteiger partial charge in [0.2, 0.25) is 5.91 Å². The van der Waals surface area contributed by atoms with E-state index in [2.05, 4.69) is 44.6 Å². The number of nitrogens with zero attached hydrogens (tertiary/aromatic N) is 3. The topological polar surface area (TPSA) is 47.9 Å². The third-order valence-electron chi connectivity index (χ3n) is 4.42. The van der Waals surface area contributed by atoms with Crippen LogP contribution in [0.4, 0.5) is 5.69 Å². The second-order valence-electron chi connectivity index (χ2n) is 6.18. The highest BCUT2D eigenvalue weighted by Crippen LogP contribution is 2.15. The van der Waals surface area contributed by atoms with E-state index in [1.54, 1.807) is 17.6 Å². The van der Waals surface area contributed by atoms with Gasteiger partial charge >= 0.3 is 0 Å². The summed E-state index contributed by atoms with van der Waals surface area (Å²) in [6, 6.07) is 12.5. The molecule has 25 heavy (non-hydrogen) atoms. The highest BCUT2D eigenvalue weighted by Gasteiger charge is 2.17. The number of hydrogen-bond donors (Lipinski definition) is 1. The molecule has 0 radical (unpaired) electrons. The lowest BCUT2D eigenvalue weighted by Gasteiger charge is -2.36. The minimum absolute atomic E-state index is 0.0315. The van der Waals surface area contributed by atoms with Crippen molar-refractivity contribution in [1.82, 2.24) is 10.3 Å². The Kier molecular flexibility index (Phi) is 6.19. The molecule has 2 aromatic rings. The Morgan fingerprint density at radius 2 is 1.96 bits per heavy atom. The van der Waals surface area contributed by atoms with Crippen LogP contribution in [0.25, 0.3) is 0 Å². The third-order valence-corrected chi connectivity index (χ3v) is 5.37. The predicted octanol–water partition coefficient (Wildman–Crippen LogP) is 2.72. The van der Waals surface area contributed by atoms with Crippen molar-refractivity contribution < 1.29 is 4.79 Å². The molecule has 2 heterocycles. The maximum atomic E-state index is 11.9. The number of carbonyl (C=O) groups is 1. The quantitative estimate of drug-likeness (QED) is 0.639. The van der Waals surface area contributed by atoms with Gasteiger partial charge in [-0.2, -0.15) is 5.10 Å². The van der Waals surface area contributed by atoms with Gasteiger partial charge in [0.1, 0.15) is 0 Å². The standard InChI is InChI=1S/C19H24N4OS/c1-16-8-14-25-18(16)15-20-21-19(24)7-9-22-10-12-23(13-11-22)17-5-3-2-4-6-17/h2-6,8,14-15H,7,9-13H2,1H3,(H,21,24). The van der Waals surface area contributed by atoms with Crippen LogP contribution >= 0.6 is 11.3 Å². The van der Waals surface area contributed by atoms with Crippen LogP contribution in [-0.4, -0.2) is 49.7 Å². The zero-order valence-electron chi connectivity index (χ0n) is 14.5. The molecule has 0 atom stereocenters. The van der Waals surface area contributed by atoms with Crippen LogP contribution in [-0.2, 0) is 4.79 Å². The molecule has 0 aliphatic carbocycles. The fourth-order valence-corrected chi connectivity index (χ4v) is 3.65. The van der Waals surface area contributed by atoms with Crippen molar-refractivity contribution in [1.29, 1.82) is 0 Å². The molecule has 132 valence electrons. The van der Waals surface area contributed by atoms with Gasteiger partial charge in [-0.3, -0.25) is 9.69 Å². The molecule has 5 nitrogen and oxygen atoms in total. The van der Waals surface area contributed by atoms with Crippen molar-refractivity contribution in [2.75, 3.05) is 37.6 Å². The van der Waals surface area contributed by atoms with Crippen molar-refractivity contribution in [3.8, 4) is 0 Å². The normalized spacial score (nSPS) is 15.6. The van der Waals surface area contributed by atoms with Gasteiger partial charge in [0, 0.05) is 49.7 Å². The molecule has 1 aliphatic rings. The van der Waals surface area contributed by atoms with Gasteiger partial charge in [0.15, 0.2) is 0 Å². The summed E-state index contributed by atoms with van der Waals surface area (Å²) in [4.78, 5) is 17.7. The molecule has 0 saturated carbocycles. The lowest BCUT2D eigenvalue weighted by Crippen LogP contribution is -2.47. The maximum Gasteiger partial charge on any atom is 0.241 e. The number of benzene rings is 1. The summed E-state index contributed by atoms with van der Waals surface area (Å²) >= 11 is 1.62. The zero-order chi connectivity index (χ0) is 17.5. The van der Waals surface area contributed by atoms with Gasteiger partial charge in [-0.05, 0) is 36.1 Å². The highest BCUT2D eigenvalue weighted by molar-refractivity contribution is 7.11. The first-order chi connectivity index (χ1) is 12.2. The van der Waals surface area contributed by atoms with E-state index in [4.69, 9.17) is 0 Å². The molecule has 1 aromatic heterocycles. The van der Waals surface area contributed by atoms with Crippen LogP contribution in [0, 0.1) is 6.92 Å². The summed E-state index contributed by atoms with van der Waals surface area (Å²) in [5.41, 5.74) is 5.08. The number of anilines is 1. The van der Waals surface area contributed by atoms with E-state index >= 15 is 0 Å². The van der Waals surface area contributed by atoms with E-state index in [0.29, 0.717) is 6.42 Å². The van der Waals surface area contributed by atoms with Gasteiger partial charge in [-0.25, -0.2) is 5.43 Å². The Morgan fingerprint density at radius 3 is 2.64 bits per heavy atom. The van der Waals surface area contributed by atoms with Crippen molar-refractivity contribution in [2.24, 2.45) is 5.10 Å². The predicted molar refractivity (Wildman–Crippen MR) is 105 cm³/mol. The number of carbonyl (C=O) groups excluding carboxylic acids is 1. The highest BCUT2D eigenvalue weighted by atomic mass is 32.1. The first-order valence-electron chi connectivity index (χ1n) is 8.61. The van der Waals surface area contributed by atoms with Crippen LogP contribution in [0.3, 0.4) is 0 Å². The molecule has 1 N–H and O–H groups in total. The maximum absolute atomic E-state index is 11.9. The van der Waals surface area contributed by atoms with Crippen molar-refractivity contribution >= 4 is 29.1 Å². The molecule has 1 fully saturated rings. The molecule has 1 amide bonds. The Morgan fingerprint density at radius 1 is 1.20 bits per heavy atom. The second-order valence-corrected chi connectivity index (χ2v) is 7.12. The lowest BCUT2D eigenvalue weighted by atomic mass is 10.2. The van der Waals surface area contributed by atoms with Gasteiger partial charge in [0.05, 0.1) is 6.21 Å². The van der Waals surface area contributed by atoms with E-state index in [1.807, 2.05) is 24.4 Å². The Balaban J connectivity index is 1.36. The Labute approximate surface area is 153 Å². The van der Waals surface area contributed by atoms with Crippen LogP contribution in [0.15, 0.2) is 46.9 Å². The number of thiophene rings is 1. The molecular weight excluding hydrogens is 332 g/mol. The van der Waals surface area contributed by atoms with E-state index < -0.39 is 0 Å². The van der Waals surface area contributed by atoms with Crippen LogP contribution in [0.1, 0.15) is 16.9 Å². The molecule has 0 unspecified atom stereocenters. The van der Waals surface area contributed by atoms with Gasteiger partial charge in [-0.1, -0.05) is 18.2 Å². The van der Waals surface area contributed by atoms with Gasteiger partial charge < -0.3 is 4.90 Å². The van der Waals surface area contributed by atoms with Gasteiger partial charge in [-0.15, -0.1) is 11.3 Å². The smallest absolute Gasteiger partial charge is 0.241 e. The summed E-state index contributed by atoms with van der Waals surface area (Å²) in [5.74, 6) is -0.0315. The van der Waals surface area contributed by atoms with Crippen LogP contribution < -0.4 is 10.3 Å². The Hall–Kier alpha value is -2.18. The van der Waals surface area contributed by atoms with Crippen LogP contribution in [0.2, 0.25) is 0 Å². The van der Waals surface area contributed by atoms with Crippen molar-refractivity contribution in [3.63, 3.8) is 0 Å². The van der Waals surface area contributed by atoms with Crippen molar-refractivity contribution in [3.05, 3.63) is 52.2 Å². The number of amides is 1. The molecule has 1 aromatic carbocycles. The monoisotopic (exact) mass is 356 g/mol. The minimum Gasteiger partial charge on any atom is -0.369 e. The third kappa shape index (κ3) is 5.14. The van der Waals surface area contributed by atoms with Crippen molar-refractivity contribution in [2.45, 2.75) is 13.3 Å². The molecule has 3 rings (SSSR count). The first kappa shape index (κ1) is 17.6. The van der Waals surface area contributed by atoms with Gasteiger partial charge in [0.25, 0.3) is 0 Å². The molecule has 6 heteroatoms. The molecule has 0 bridgehead atoms. The summed E-state index contributed by atoms with van der Waals surface area (Å²) in [5, 5.41) is 6.07. The number of nitrogens with one attached hydrogen (secondary N) is 1.